The molecule has 0 aliphatic rings. The lowest BCUT2D eigenvalue weighted by atomic mass is 9.88. The van der Waals surface area contributed by atoms with Gasteiger partial charge < -0.3 is 4.55 Å². The Labute approximate surface area is 127 Å². The molecule has 0 radical (unpaired) electrons. The molecule has 0 saturated carbocycles. The van der Waals surface area contributed by atoms with Crippen molar-refractivity contribution in [2.24, 2.45) is 0 Å². The van der Waals surface area contributed by atoms with Crippen molar-refractivity contribution < 1.29 is 4.55 Å². The fourth-order valence-electron chi connectivity index (χ4n) is 2.22. The first-order chi connectivity index (χ1) is 9.12. The number of hydrogen-bond donors (Lipinski definition) is 1. The van der Waals surface area contributed by atoms with Crippen molar-refractivity contribution in [1.82, 2.24) is 4.72 Å². The van der Waals surface area contributed by atoms with E-state index in [0.717, 1.165) is 18.4 Å². The van der Waals surface area contributed by atoms with Crippen LogP contribution in [0.4, 0.5) is 0 Å². The first-order valence-corrected chi connectivity index (χ1v) is 8.15. The summed E-state index contributed by atoms with van der Waals surface area (Å²) in [7, 11) is 0. The SMILES string of the molecule is C=C(C)CC(C)(Cc1ccccc1)N[S@+]([O-])C(C)(C)C. The molecule has 1 rings (SSSR count). The summed E-state index contributed by atoms with van der Waals surface area (Å²) in [5.74, 6) is 0. The second-order valence-corrected chi connectivity index (χ2v) is 8.81. The van der Waals surface area contributed by atoms with Gasteiger partial charge in [-0.05, 0) is 53.0 Å². The number of rotatable bonds is 6. The van der Waals surface area contributed by atoms with Crippen LogP contribution in [0.3, 0.4) is 0 Å². The molecule has 0 amide bonds. The molecule has 2 atom stereocenters. The quantitative estimate of drug-likeness (QED) is 0.635. The molecule has 2 nitrogen and oxygen atoms in total. The van der Waals surface area contributed by atoms with Crippen molar-refractivity contribution in [1.29, 1.82) is 0 Å². The van der Waals surface area contributed by atoms with Crippen LogP contribution in [-0.2, 0) is 17.8 Å². The van der Waals surface area contributed by atoms with E-state index in [1.165, 1.54) is 5.56 Å². The summed E-state index contributed by atoms with van der Waals surface area (Å²) in [6, 6.07) is 10.3. The summed E-state index contributed by atoms with van der Waals surface area (Å²) in [4.78, 5) is 0. The summed E-state index contributed by atoms with van der Waals surface area (Å²) in [6.45, 7) is 14.1. The van der Waals surface area contributed by atoms with E-state index in [1.807, 2.05) is 45.9 Å². The molecule has 0 aliphatic heterocycles. The highest BCUT2D eigenvalue weighted by molar-refractivity contribution is 7.90. The van der Waals surface area contributed by atoms with Gasteiger partial charge in [0.15, 0.2) is 0 Å². The van der Waals surface area contributed by atoms with Gasteiger partial charge >= 0.3 is 0 Å². The first-order valence-electron chi connectivity index (χ1n) is 7.00. The Balaban J connectivity index is 2.89. The van der Waals surface area contributed by atoms with Gasteiger partial charge in [-0.2, -0.15) is 0 Å². The van der Waals surface area contributed by atoms with E-state index in [9.17, 15) is 4.55 Å². The standard InChI is InChI=1S/C17H27NOS/c1-14(2)12-17(6,18-20(19)16(3,4)5)13-15-10-8-7-9-11-15/h7-11,18H,1,12-13H2,2-6H3/t17?,20-/m1/s1. The Morgan fingerprint density at radius 2 is 1.75 bits per heavy atom. The van der Waals surface area contributed by atoms with Crippen LogP contribution >= 0.6 is 0 Å². The van der Waals surface area contributed by atoms with Crippen molar-refractivity contribution in [3.05, 3.63) is 48.0 Å². The van der Waals surface area contributed by atoms with Gasteiger partial charge in [0.25, 0.3) is 0 Å². The fourth-order valence-corrected chi connectivity index (χ4v) is 3.12. The zero-order chi connectivity index (χ0) is 15.4. The predicted octanol–water partition coefficient (Wildman–Crippen LogP) is 4.01. The molecule has 0 bridgehead atoms. The van der Waals surface area contributed by atoms with E-state index in [1.54, 1.807) is 0 Å². The van der Waals surface area contributed by atoms with Gasteiger partial charge in [-0.25, -0.2) is 0 Å². The summed E-state index contributed by atoms with van der Waals surface area (Å²) in [5, 5.41) is 0. The molecule has 0 saturated heterocycles. The summed E-state index contributed by atoms with van der Waals surface area (Å²) >= 11 is -1.09. The zero-order valence-corrected chi connectivity index (χ0v) is 14.1. The maximum atomic E-state index is 12.4. The minimum absolute atomic E-state index is 0.245. The largest absolute Gasteiger partial charge is 0.598 e. The van der Waals surface area contributed by atoms with E-state index in [4.69, 9.17) is 0 Å². The number of benzene rings is 1. The third kappa shape index (κ3) is 5.70. The molecular formula is C17H27NOS. The molecule has 0 aliphatic carbocycles. The Kier molecular flexibility index (Phi) is 5.87. The molecule has 1 aromatic rings. The van der Waals surface area contributed by atoms with Gasteiger partial charge in [0.1, 0.15) is 4.75 Å². The molecular weight excluding hydrogens is 266 g/mol. The van der Waals surface area contributed by atoms with Crippen molar-refractivity contribution in [2.75, 3.05) is 0 Å². The van der Waals surface area contributed by atoms with Crippen LogP contribution in [0.15, 0.2) is 42.5 Å². The molecule has 1 N–H and O–H groups in total. The lowest BCUT2D eigenvalue weighted by Gasteiger charge is -2.35. The average Bonchev–Trinajstić information content (AvgIpc) is 2.27. The van der Waals surface area contributed by atoms with Crippen LogP contribution in [0.2, 0.25) is 0 Å². The topological polar surface area (TPSA) is 35.1 Å². The van der Waals surface area contributed by atoms with Gasteiger partial charge in [0, 0.05) is 11.4 Å². The Hall–Kier alpha value is -0.770. The van der Waals surface area contributed by atoms with E-state index < -0.39 is 11.4 Å². The molecule has 1 unspecified atom stereocenters. The molecule has 112 valence electrons. The average molecular weight is 293 g/mol. The Morgan fingerprint density at radius 1 is 1.20 bits per heavy atom. The Morgan fingerprint density at radius 3 is 2.20 bits per heavy atom. The van der Waals surface area contributed by atoms with E-state index in [-0.39, 0.29) is 10.3 Å². The van der Waals surface area contributed by atoms with Crippen LogP contribution in [0.25, 0.3) is 0 Å². The minimum atomic E-state index is -1.09. The molecule has 1 aromatic carbocycles. The van der Waals surface area contributed by atoms with Crippen molar-refractivity contribution in [3.8, 4) is 0 Å². The molecule has 3 heteroatoms. The smallest absolute Gasteiger partial charge is 0.136 e. The van der Waals surface area contributed by atoms with Gasteiger partial charge in [0.2, 0.25) is 0 Å². The van der Waals surface area contributed by atoms with Crippen LogP contribution in [0.1, 0.15) is 46.6 Å². The van der Waals surface area contributed by atoms with Gasteiger partial charge in [0.05, 0.1) is 5.54 Å². The molecule has 0 heterocycles. The van der Waals surface area contributed by atoms with E-state index in [0.29, 0.717) is 0 Å². The lowest BCUT2D eigenvalue weighted by Crippen LogP contribution is -2.53. The van der Waals surface area contributed by atoms with Crippen molar-refractivity contribution in [3.63, 3.8) is 0 Å². The molecule has 0 fully saturated rings. The Bertz CT molecular complexity index is 438. The van der Waals surface area contributed by atoms with E-state index >= 15 is 0 Å². The monoisotopic (exact) mass is 293 g/mol. The highest BCUT2D eigenvalue weighted by Crippen LogP contribution is 2.25. The van der Waals surface area contributed by atoms with Gasteiger partial charge in [-0.3, -0.25) is 0 Å². The maximum absolute atomic E-state index is 12.4. The number of nitrogens with one attached hydrogen (secondary N) is 1. The predicted molar refractivity (Wildman–Crippen MR) is 89.0 cm³/mol. The fraction of sp³-hybridized carbons (Fsp3) is 0.529. The van der Waals surface area contributed by atoms with Crippen LogP contribution in [0.5, 0.6) is 0 Å². The molecule has 0 spiro atoms. The van der Waals surface area contributed by atoms with Crippen molar-refractivity contribution >= 4 is 11.4 Å². The summed E-state index contributed by atoms with van der Waals surface area (Å²) in [5.41, 5.74) is 2.10. The second-order valence-electron chi connectivity index (χ2n) is 6.84. The highest BCUT2D eigenvalue weighted by Gasteiger charge is 2.35. The molecule has 20 heavy (non-hydrogen) atoms. The summed E-state index contributed by atoms with van der Waals surface area (Å²) < 4.78 is 15.5. The zero-order valence-electron chi connectivity index (χ0n) is 13.3. The number of hydrogen-bond acceptors (Lipinski definition) is 2. The third-order valence-corrected chi connectivity index (χ3v) is 4.81. The van der Waals surface area contributed by atoms with E-state index in [2.05, 4.69) is 30.4 Å². The van der Waals surface area contributed by atoms with Crippen LogP contribution < -0.4 is 4.72 Å². The second kappa shape index (κ2) is 6.79. The molecule has 0 aromatic heterocycles. The highest BCUT2D eigenvalue weighted by atomic mass is 32.2. The van der Waals surface area contributed by atoms with Gasteiger partial charge in [-0.1, -0.05) is 35.9 Å². The first kappa shape index (κ1) is 17.3. The lowest BCUT2D eigenvalue weighted by molar-refractivity contribution is 0.400. The maximum Gasteiger partial charge on any atom is 0.136 e. The van der Waals surface area contributed by atoms with Crippen LogP contribution in [-0.4, -0.2) is 14.8 Å². The summed E-state index contributed by atoms with van der Waals surface area (Å²) in [6.07, 6.45) is 1.65. The van der Waals surface area contributed by atoms with Crippen LogP contribution in [0, 0.1) is 0 Å². The minimum Gasteiger partial charge on any atom is -0.598 e. The van der Waals surface area contributed by atoms with Gasteiger partial charge in [-0.15, -0.1) is 11.3 Å². The normalized spacial score (nSPS) is 16.5. The van der Waals surface area contributed by atoms with Crippen molar-refractivity contribution in [2.45, 2.75) is 57.7 Å². The third-order valence-electron chi connectivity index (χ3n) is 3.02.